The molecule has 1 heterocycles. The van der Waals surface area contributed by atoms with E-state index >= 15 is 0 Å². The third-order valence-electron chi connectivity index (χ3n) is 5.08. The van der Waals surface area contributed by atoms with E-state index in [0.29, 0.717) is 17.9 Å². The number of aliphatic hydroxyl groups excluding tert-OH is 1. The van der Waals surface area contributed by atoms with Crippen LogP contribution in [0.15, 0.2) is 0 Å². The molecule has 6 bridgehead atoms. The standard InChI is InChI=1S/C10H14O2/c1-10-6-2-5-7(11)3-4(6)9(12-10)8(5)10/h4-9,11H,2-3H2,1H3/t4-,5-,6+,7?,8-,9-,10-/m1/s1. The molecule has 0 aromatic rings. The Labute approximate surface area is 71.9 Å². The van der Waals surface area contributed by atoms with Crippen molar-refractivity contribution in [1.29, 1.82) is 0 Å². The second-order valence-electron chi connectivity index (χ2n) is 5.27. The highest BCUT2D eigenvalue weighted by atomic mass is 16.5. The second-order valence-corrected chi connectivity index (χ2v) is 5.27. The van der Waals surface area contributed by atoms with Crippen molar-refractivity contribution in [2.75, 3.05) is 0 Å². The summed E-state index contributed by atoms with van der Waals surface area (Å²) in [7, 11) is 0. The lowest BCUT2D eigenvalue weighted by atomic mass is 9.67. The molecule has 1 aliphatic heterocycles. The van der Waals surface area contributed by atoms with Gasteiger partial charge < -0.3 is 9.84 Å². The largest absolute Gasteiger partial charge is 0.393 e. The fourth-order valence-electron chi connectivity index (χ4n) is 4.71. The first-order chi connectivity index (χ1) is 5.72. The maximum Gasteiger partial charge on any atom is 0.0746 e. The van der Waals surface area contributed by atoms with Crippen molar-refractivity contribution >= 4 is 0 Å². The molecule has 2 nitrogen and oxygen atoms in total. The van der Waals surface area contributed by atoms with E-state index < -0.39 is 0 Å². The lowest BCUT2D eigenvalue weighted by molar-refractivity contribution is -0.234. The predicted molar refractivity (Wildman–Crippen MR) is 42.5 cm³/mol. The van der Waals surface area contributed by atoms with Crippen molar-refractivity contribution in [3.63, 3.8) is 0 Å². The van der Waals surface area contributed by atoms with Gasteiger partial charge in [-0.3, -0.25) is 0 Å². The molecular weight excluding hydrogens is 152 g/mol. The van der Waals surface area contributed by atoms with Gasteiger partial charge in [0.1, 0.15) is 0 Å². The molecular formula is C10H14O2. The van der Waals surface area contributed by atoms with Gasteiger partial charge in [0.2, 0.25) is 0 Å². The summed E-state index contributed by atoms with van der Waals surface area (Å²) < 4.78 is 5.90. The van der Waals surface area contributed by atoms with Gasteiger partial charge in [-0.15, -0.1) is 0 Å². The first kappa shape index (κ1) is 6.39. The maximum absolute atomic E-state index is 9.79. The van der Waals surface area contributed by atoms with E-state index in [0.717, 1.165) is 18.3 Å². The van der Waals surface area contributed by atoms with Gasteiger partial charge in [-0.1, -0.05) is 0 Å². The van der Waals surface area contributed by atoms with Gasteiger partial charge in [-0.05, 0) is 37.5 Å². The summed E-state index contributed by atoms with van der Waals surface area (Å²) in [6.45, 7) is 2.26. The van der Waals surface area contributed by atoms with E-state index in [9.17, 15) is 5.11 Å². The molecule has 2 heteroatoms. The topological polar surface area (TPSA) is 29.5 Å². The van der Waals surface area contributed by atoms with E-state index in [1.807, 2.05) is 0 Å². The van der Waals surface area contributed by atoms with Crippen LogP contribution in [0.2, 0.25) is 0 Å². The number of rotatable bonds is 0. The van der Waals surface area contributed by atoms with Crippen LogP contribution in [0.4, 0.5) is 0 Å². The van der Waals surface area contributed by atoms with Gasteiger partial charge in [-0.25, -0.2) is 0 Å². The summed E-state index contributed by atoms with van der Waals surface area (Å²) in [4.78, 5) is 0. The number of ether oxygens (including phenoxy) is 1. The third kappa shape index (κ3) is 0.391. The normalized spacial score (nSPS) is 76.5. The fourth-order valence-corrected chi connectivity index (χ4v) is 4.71. The number of fused-ring (bicyclic) bond motifs is 1. The maximum atomic E-state index is 9.79. The molecule has 0 aromatic carbocycles. The Bertz CT molecular complexity index is 265. The zero-order valence-electron chi connectivity index (χ0n) is 7.23. The van der Waals surface area contributed by atoms with Gasteiger partial charge in [0.05, 0.1) is 17.8 Å². The van der Waals surface area contributed by atoms with Crippen LogP contribution in [0, 0.1) is 23.7 Å². The van der Waals surface area contributed by atoms with Gasteiger partial charge in [-0.2, -0.15) is 0 Å². The smallest absolute Gasteiger partial charge is 0.0746 e. The van der Waals surface area contributed by atoms with E-state index in [4.69, 9.17) is 4.74 Å². The van der Waals surface area contributed by atoms with Gasteiger partial charge in [0, 0.05) is 5.92 Å². The molecule has 0 amide bonds. The molecule has 5 rings (SSSR count). The fraction of sp³-hybridized carbons (Fsp3) is 1.00. The number of aliphatic hydroxyl groups is 1. The molecule has 1 N–H and O–H groups in total. The van der Waals surface area contributed by atoms with Crippen LogP contribution in [-0.2, 0) is 4.74 Å². The summed E-state index contributed by atoms with van der Waals surface area (Å²) in [5.41, 5.74) is 0.192. The minimum atomic E-state index is -0.00164. The van der Waals surface area contributed by atoms with Crippen LogP contribution in [0.1, 0.15) is 19.8 Å². The van der Waals surface area contributed by atoms with Crippen molar-refractivity contribution in [2.45, 2.75) is 37.6 Å². The second kappa shape index (κ2) is 1.48. The van der Waals surface area contributed by atoms with E-state index in [2.05, 4.69) is 6.92 Å². The highest BCUT2D eigenvalue weighted by molar-refractivity contribution is 5.25. The first-order valence-corrected chi connectivity index (χ1v) is 5.08. The van der Waals surface area contributed by atoms with Crippen LogP contribution < -0.4 is 0 Å². The Morgan fingerprint density at radius 2 is 2.17 bits per heavy atom. The molecule has 1 saturated heterocycles. The van der Waals surface area contributed by atoms with Crippen LogP contribution in [0.25, 0.3) is 0 Å². The van der Waals surface area contributed by atoms with Crippen molar-refractivity contribution in [3.8, 4) is 0 Å². The quantitative estimate of drug-likeness (QED) is 0.576. The van der Waals surface area contributed by atoms with Gasteiger partial charge in [0.15, 0.2) is 0 Å². The summed E-state index contributed by atoms with van der Waals surface area (Å²) in [6, 6.07) is 0. The molecule has 7 atom stereocenters. The van der Waals surface area contributed by atoms with Crippen molar-refractivity contribution in [1.82, 2.24) is 0 Å². The molecule has 0 radical (unpaired) electrons. The molecule has 5 fully saturated rings. The van der Waals surface area contributed by atoms with Crippen LogP contribution >= 0.6 is 0 Å². The zero-order valence-corrected chi connectivity index (χ0v) is 7.23. The highest BCUT2D eigenvalue weighted by Crippen LogP contribution is 2.73. The van der Waals surface area contributed by atoms with Gasteiger partial charge >= 0.3 is 0 Å². The van der Waals surface area contributed by atoms with E-state index in [-0.39, 0.29) is 11.7 Å². The molecule has 5 aliphatic rings. The number of hydrogen-bond acceptors (Lipinski definition) is 2. The molecule has 0 spiro atoms. The highest BCUT2D eigenvalue weighted by Gasteiger charge is 2.78. The average molecular weight is 166 g/mol. The average Bonchev–Trinajstić information content (AvgIpc) is 2.44. The summed E-state index contributed by atoms with van der Waals surface area (Å²) in [5, 5.41) is 9.79. The lowest BCUT2D eigenvalue weighted by Crippen LogP contribution is -2.56. The van der Waals surface area contributed by atoms with Crippen LogP contribution in [-0.4, -0.2) is 22.9 Å². The molecule has 12 heavy (non-hydrogen) atoms. The minimum absolute atomic E-state index is 0.00164. The first-order valence-electron chi connectivity index (χ1n) is 5.08. The Morgan fingerprint density at radius 3 is 2.75 bits per heavy atom. The van der Waals surface area contributed by atoms with Crippen LogP contribution in [0.5, 0.6) is 0 Å². The number of hydrogen-bond donors (Lipinski definition) is 1. The van der Waals surface area contributed by atoms with Crippen LogP contribution in [0.3, 0.4) is 0 Å². The summed E-state index contributed by atoms with van der Waals surface area (Å²) in [6.07, 6.45) is 2.80. The summed E-state index contributed by atoms with van der Waals surface area (Å²) >= 11 is 0. The molecule has 66 valence electrons. The Kier molecular flexibility index (Phi) is 0.789. The Hall–Kier alpha value is -0.0800. The molecule has 1 unspecified atom stereocenters. The molecule has 4 aliphatic carbocycles. The Balaban J connectivity index is 1.89. The monoisotopic (exact) mass is 166 g/mol. The van der Waals surface area contributed by atoms with E-state index in [1.165, 1.54) is 6.42 Å². The van der Waals surface area contributed by atoms with Crippen molar-refractivity contribution < 1.29 is 9.84 Å². The van der Waals surface area contributed by atoms with Gasteiger partial charge in [0.25, 0.3) is 0 Å². The Morgan fingerprint density at radius 1 is 1.33 bits per heavy atom. The predicted octanol–water partition coefficient (Wildman–Crippen LogP) is 0.791. The molecule has 0 aromatic heterocycles. The minimum Gasteiger partial charge on any atom is -0.393 e. The zero-order chi connectivity index (χ0) is 8.09. The molecule has 4 saturated carbocycles. The van der Waals surface area contributed by atoms with Crippen molar-refractivity contribution in [3.05, 3.63) is 0 Å². The third-order valence-corrected chi connectivity index (χ3v) is 5.08. The summed E-state index contributed by atoms with van der Waals surface area (Å²) in [5.74, 6) is 2.81. The SMILES string of the molecule is C[C@@]12O[C@@H]3[C@@H]4CC(O)[C@@H](C[C@@H]41)[C@H]32. The van der Waals surface area contributed by atoms with E-state index in [1.54, 1.807) is 0 Å². The van der Waals surface area contributed by atoms with Crippen molar-refractivity contribution in [2.24, 2.45) is 23.7 Å². The lowest BCUT2D eigenvalue weighted by Gasteiger charge is -2.50.